The number of ether oxygens (including phenoxy) is 2. The van der Waals surface area contributed by atoms with Gasteiger partial charge in [-0.3, -0.25) is 9.59 Å². The van der Waals surface area contributed by atoms with Gasteiger partial charge >= 0.3 is 0 Å². The Balaban J connectivity index is 2.17. The zero-order chi connectivity index (χ0) is 24.1. The number of likely N-dealkylation sites (tertiary alicyclic amines) is 1. The van der Waals surface area contributed by atoms with E-state index in [2.05, 4.69) is 4.90 Å². The lowest BCUT2D eigenvalue weighted by molar-refractivity contribution is -0.140. The maximum absolute atomic E-state index is 13.2. The second-order valence-electron chi connectivity index (χ2n) is 7.64. The monoisotopic (exact) mass is 454 g/mol. The van der Waals surface area contributed by atoms with Crippen LogP contribution in [0.5, 0.6) is 17.2 Å². The lowest BCUT2D eigenvalue weighted by Crippen LogP contribution is -2.38. The molecule has 1 aliphatic rings. The van der Waals surface area contributed by atoms with Crippen LogP contribution in [0.4, 0.5) is 0 Å². The van der Waals surface area contributed by atoms with E-state index in [1.165, 1.54) is 31.3 Å². The van der Waals surface area contributed by atoms with Gasteiger partial charge in [0.25, 0.3) is 11.7 Å². The van der Waals surface area contributed by atoms with Crippen molar-refractivity contribution >= 4 is 17.4 Å². The SMILES string of the molecule is CCN(CC)CCN1C(=O)C(=O)C(=C(O)c2ccc(OC)cc2O)[C@@H]1c1ccccc1OC. The number of carbonyl (C=O) groups excluding carboxylic acids is 2. The number of rotatable bonds is 9. The second kappa shape index (κ2) is 10.4. The Kier molecular flexibility index (Phi) is 7.60. The van der Waals surface area contributed by atoms with Gasteiger partial charge in [-0.15, -0.1) is 0 Å². The number of aliphatic hydroxyl groups excluding tert-OH is 1. The number of para-hydroxylation sites is 1. The van der Waals surface area contributed by atoms with Gasteiger partial charge in [0, 0.05) is 24.7 Å². The molecule has 8 nitrogen and oxygen atoms in total. The first-order valence-corrected chi connectivity index (χ1v) is 10.9. The van der Waals surface area contributed by atoms with Crippen LogP contribution in [-0.2, 0) is 9.59 Å². The molecule has 0 aromatic heterocycles. The Labute approximate surface area is 193 Å². The molecule has 0 bridgehead atoms. The third-order valence-corrected chi connectivity index (χ3v) is 5.99. The van der Waals surface area contributed by atoms with Crippen molar-refractivity contribution in [1.82, 2.24) is 9.80 Å². The van der Waals surface area contributed by atoms with Crippen molar-refractivity contribution in [1.29, 1.82) is 0 Å². The molecule has 1 saturated heterocycles. The van der Waals surface area contributed by atoms with Crippen LogP contribution in [0.25, 0.3) is 5.76 Å². The van der Waals surface area contributed by atoms with Gasteiger partial charge in [-0.25, -0.2) is 0 Å². The summed E-state index contributed by atoms with van der Waals surface area (Å²) in [6.45, 7) is 6.53. The number of phenolic OH excluding ortho intramolecular Hbond substituents is 1. The molecule has 1 heterocycles. The maximum atomic E-state index is 13.2. The van der Waals surface area contributed by atoms with Crippen LogP contribution in [0.2, 0.25) is 0 Å². The van der Waals surface area contributed by atoms with Crippen LogP contribution in [0.1, 0.15) is 31.0 Å². The van der Waals surface area contributed by atoms with E-state index in [1.807, 2.05) is 13.8 Å². The van der Waals surface area contributed by atoms with E-state index in [1.54, 1.807) is 30.3 Å². The van der Waals surface area contributed by atoms with E-state index in [9.17, 15) is 19.8 Å². The largest absolute Gasteiger partial charge is 0.507 e. The summed E-state index contributed by atoms with van der Waals surface area (Å²) in [4.78, 5) is 29.9. The highest BCUT2D eigenvalue weighted by atomic mass is 16.5. The molecule has 2 aromatic carbocycles. The minimum atomic E-state index is -0.863. The van der Waals surface area contributed by atoms with Crippen molar-refractivity contribution in [2.75, 3.05) is 40.4 Å². The molecule has 1 amide bonds. The molecule has 2 aromatic rings. The van der Waals surface area contributed by atoms with Crippen molar-refractivity contribution in [3.05, 3.63) is 59.2 Å². The van der Waals surface area contributed by atoms with E-state index < -0.39 is 23.5 Å². The summed E-state index contributed by atoms with van der Waals surface area (Å²) in [6.07, 6.45) is 0. The molecule has 0 saturated carbocycles. The third-order valence-electron chi connectivity index (χ3n) is 5.99. The minimum absolute atomic E-state index is 0.0393. The number of ketones is 1. The fraction of sp³-hybridized carbons (Fsp3) is 0.360. The Bertz CT molecular complexity index is 1060. The van der Waals surface area contributed by atoms with Crippen LogP contribution in [0.15, 0.2) is 48.0 Å². The van der Waals surface area contributed by atoms with Gasteiger partial charge in [0.2, 0.25) is 0 Å². The lowest BCUT2D eigenvalue weighted by Gasteiger charge is -2.29. The molecule has 176 valence electrons. The number of likely N-dealkylation sites (N-methyl/N-ethyl adjacent to an activating group) is 1. The fourth-order valence-electron chi connectivity index (χ4n) is 4.10. The van der Waals surface area contributed by atoms with Gasteiger partial charge in [0.1, 0.15) is 23.0 Å². The number of hydrogen-bond acceptors (Lipinski definition) is 7. The molecule has 1 fully saturated rings. The molecule has 3 rings (SSSR count). The van der Waals surface area contributed by atoms with Crippen molar-refractivity contribution in [3.8, 4) is 17.2 Å². The fourth-order valence-corrected chi connectivity index (χ4v) is 4.10. The number of carbonyl (C=O) groups is 2. The predicted octanol–water partition coefficient (Wildman–Crippen LogP) is 3.17. The first kappa shape index (κ1) is 24.1. The molecule has 2 N–H and O–H groups in total. The Morgan fingerprint density at radius 1 is 1.06 bits per heavy atom. The molecular formula is C25H30N2O6. The number of aromatic hydroxyl groups is 1. The van der Waals surface area contributed by atoms with Gasteiger partial charge < -0.3 is 29.5 Å². The number of aliphatic hydroxyl groups is 1. The predicted molar refractivity (Wildman–Crippen MR) is 124 cm³/mol. The number of benzene rings is 2. The van der Waals surface area contributed by atoms with E-state index in [4.69, 9.17) is 9.47 Å². The molecule has 8 heteroatoms. The molecule has 0 radical (unpaired) electrons. The molecule has 1 aliphatic heterocycles. The molecule has 1 atom stereocenters. The van der Waals surface area contributed by atoms with Gasteiger partial charge in [-0.05, 0) is 31.3 Å². The molecule has 0 aliphatic carbocycles. The van der Waals surface area contributed by atoms with Gasteiger partial charge in [-0.1, -0.05) is 32.0 Å². The molecular weight excluding hydrogens is 424 g/mol. The lowest BCUT2D eigenvalue weighted by atomic mass is 9.94. The molecule has 0 unspecified atom stereocenters. The zero-order valence-electron chi connectivity index (χ0n) is 19.4. The summed E-state index contributed by atoms with van der Waals surface area (Å²) in [7, 11) is 2.97. The van der Waals surface area contributed by atoms with Gasteiger partial charge in [0.05, 0.1) is 31.4 Å². The summed E-state index contributed by atoms with van der Waals surface area (Å²) in [6, 6.07) is 10.6. The number of Topliss-reactive ketones (excluding diaryl/α,β-unsaturated/α-hetero) is 1. The summed E-state index contributed by atoms with van der Waals surface area (Å²) in [5.41, 5.74) is 0.523. The number of methoxy groups -OCH3 is 2. The van der Waals surface area contributed by atoms with Crippen LogP contribution in [-0.4, -0.2) is 72.1 Å². The van der Waals surface area contributed by atoms with Crippen molar-refractivity contribution in [2.45, 2.75) is 19.9 Å². The second-order valence-corrected chi connectivity index (χ2v) is 7.64. The zero-order valence-corrected chi connectivity index (χ0v) is 19.4. The Morgan fingerprint density at radius 2 is 1.76 bits per heavy atom. The first-order chi connectivity index (χ1) is 15.9. The normalized spacial score (nSPS) is 17.6. The summed E-state index contributed by atoms with van der Waals surface area (Å²) in [5, 5.41) is 21.6. The third kappa shape index (κ3) is 4.66. The Hall–Kier alpha value is -3.52. The smallest absolute Gasteiger partial charge is 0.295 e. The van der Waals surface area contributed by atoms with Crippen molar-refractivity contribution in [2.24, 2.45) is 0 Å². The first-order valence-electron chi connectivity index (χ1n) is 10.9. The maximum Gasteiger partial charge on any atom is 0.295 e. The van der Waals surface area contributed by atoms with E-state index >= 15 is 0 Å². The average Bonchev–Trinajstić information content (AvgIpc) is 3.08. The number of hydrogen-bond donors (Lipinski definition) is 2. The number of amides is 1. The standard InChI is InChI=1S/C25H30N2O6/c1-5-26(6-2)13-14-27-22(18-9-7-8-10-20(18)33-4)21(24(30)25(27)31)23(29)17-12-11-16(32-3)15-19(17)28/h7-12,15,22,28-29H,5-6,13-14H2,1-4H3/t22-/m0/s1. The minimum Gasteiger partial charge on any atom is -0.507 e. The van der Waals surface area contributed by atoms with Crippen LogP contribution >= 0.6 is 0 Å². The van der Waals surface area contributed by atoms with E-state index in [-0.39, 0.29) is 16.9 Å². The summed E-state index contributed by atoms with van der Waals surface area (Å²) in [5.74, 6) is -1.34. The average molecular weight is 455 g/mol. The summed E-state index contributed by atoms with van der Waals surface area (Å²) >= 11 is 0. The van der Waals surface area contributed by atoms with Crippen molar-refractivity contribution in [3.63, 3.8) is 0 Å². The van der Waals surface area contributed by atoms with E-state index in [0.29, 0.717) is 30.2 Å². The van der Waals surface area contributed by atoms with Gasteiger partial charge in [0.15, 0.2) is 0 Å². The van der Waals surface area contributed by atoms with Crippen LogP contribution in [0.3, 0.4) is 0 Å². The summed E-state index contributed by atoms with van der Waals surface area (Å²) < 4.78 is 10.6. The Morgan fingerprint density at radius 3 is 2.36 bits per heavy atom. The van der Waals surface area contributed by atoms with Crippen molar-refractivity contribution < 1.29 is 29.3 Å². The van der Waals surface area contributed by atoms with E-state index in [0.717, 1.165) is 13.1 Å². The highest BCUT2D eigenvalue weighted by Gasteiger charge is 2.47. The van der Waals surface area contributed by atoms with Gasteiger partial charge in [-0.2, -0.15) is 0 Å². The van der Waals surface area contributed by atoms with Crippen LogP contribution < -0.4 is 9.47 Å². The topological polar surface area (TPSA) is 99.5 Å². The molecule has 33 heavy (non-hydrogen) atoms. The quantitative estimate of drug-likeness (QED) is 0.341. The highest BCUT2D eigenvalue weighted by Crippen LogP contribution is 2.43. The van der Waals surface area contributed by atoms with Crippen LogP contribution in [0, 0.1) is 0 Å². The molecule has 0 spiro atoms. The number of nitrogens with zero attached hydrogens (tertiary/aromatic N) is 2. The highest BCUT2D eigenvalue weighted by molar-refractivity contribution is 6.46. The number of phenols is 1.